The molecule has 2 aromatic heterocycles. The number of alkyl carbamates (subject to hydrolysis) is 1. The maximum atomic E-state index is 15.8. The highest BCUT2D eigenvalue weighted by Gasteiger charge is 2.44. The topological polar surface area (TPSA) is 213 Å². The summed E-state index contributed by atoms with van der Waals surface area (Å²) in [6.07, 6.45) is 2.59. The summed E-state index contributed by atoms with van der Waals surface area (Å²) in [5.74, 6) is -1.66. The lowest BCUT2D eigenvalue weighted by molar-refractivity contribution is -0.120. The predicted octanol–water partition coefficient (Wildman–Crippen LogP) is 5.84. The summed E-state index contributed by atoms with van der Waals surface area (Å²) in [7, 11) is -2.48. The van der Waals surface area contributed by atoms with Gasteiger partial charge in [0.15, 0.2) is 21.8 Å². The van der Waals surface area contributed by atoms with Crippen molar-refractivity contribution in [3.05, 3.63) is 96.2 Å². The number of carbonyl (C=O) groups is 2. The van der Waals surface area contributed by atoms with Gasteiger partial charge in [0, 0.05) is 13.2 Å². The number of ether oxygens (including phenoxy) is 3. The Bertz CT molecular complexity index is 2460. The van der Waals surface area contributed by atoms with Crippen LogP contribution in [-0.4, -0.2) is 101 Å². The Morgan fingerprint density at radius 3 is 2.42 bits per heavy atom. The molecule has 0 bridgehead atoms. The number of amides is 2. The first-order valence-electron chi connectivity index (χ1n) is 19.9. The van der Waals surface area contributed by atoms with Crippen LogP contribution in [0.5, 0.6) is 11.5 Å². The zero-order chi connectivity index (χ0) is 44.3. The van der Waals surface area contributed by atoms with Gasteiger partial charge in [0.2, 0.25) is 11.5 Å². The summed E-state index contributed by atoms with van der Waals surface area (Å²) in [5.41, 5.74) is -3.44. The van der Waals surface area contributed by atoms with Gasteiger partial charge in [0.25, 0.3) is 17.7 Å². The van der Waals surface area contributed by atoms with E-state index in [-0.39, 0.29) is 35.4 Å². The number of carbonyl (C=O) groups excluding carboxylic acids is 2. The number of aliphatic hydroxyl groups is 1. The van der Waals surface area contributed by atoms with Crippen molar-refractivity contribution in [3.8, 4) is 22.9 Å². The molecule has 2 fully saturated rings. The third kappa shape index (κ3) is 9.93. The zero-order valence-electron chi connectivity index (χ0n) is 34.5. The molecule has 5 heterocycles. The Labute approximate surface area is 356 Å². The molecule has 3 aromatic carbocycles. The summed E-state index contributed by atoms with van der Waals surface area (Å²) < 4.78 is 84.4. The first-order valence-corrected chi connectivity index (χ1v) is 21.6. The molecule has 8 rings (SSSR count). The summed E-state index contributed by atoms with van der Waals surface area (Å²) in [6, 6.07) is 16.3. The number of aliphatic hydroxyl groups excluding tert-OH is 1. The van der Waals surface area contributed by atoms with E-state index in [9.17, 15) is 27.5 Å². The van der Waals surface area contributed by atoms with Gasteiger partial charge in [-0.2, -0.15) is 9.97 Å². The van der Waals surface area contributed by atoms with Crippen LogP contribution in [0.15, 0.2) is 87.0 Å². The van der Waals surface area contributed by atoms with E-state index in [1.165, 1.54) is 12.4 Å². The normalized spacial score (nSPS) is 22.5. The number of para-hydroxylation sites is 1. The van der Waals surface area contributed by atoms with Gasteiger partial charge in [-0.15, -0.1) is 0 Å². The number of likely N-dealkylation sites (tertiary alicyclic amines) is 1. The van der Waals surface area contributed by atoms with E-state index in [0.717, 1.165) is 23.9 Å². The van der Waals surface area contributed by atoms with Gasteiger partial charge in [0.1, 0.15) is 29.0 Å². The van der Waals surface area contributed by atoms with Gasteiger partial charge in [0.05, 0.1) is 35.1 Å². The Kier molecular flexibility index (Phi) is 12.8. The molecule has 5 aromatic rings. The molecule has 0 spiro atoms. The average molecular weight is 880 g/mol. The standard InChI is InChI=1S/C34H35FN4O9S.C8H12FN3O/c1-33(2,3)47-32(42)36-26-19-49(43,44)28-17-25(35)24(29-37-31(48-38-29)34(20-40)14-7-15-45-34)16-27(28)39(30(26)41)18-21-10-12-23(13-11-21)46-22-8-5-4-6-9-22;1-12-4-2-3-8(9,5-12)7-10-6-11-13-7/h4-6,8-13,16-17,26,40H,7,14-15,18-20H2,1-3H3,(H,36,42);6H,2-5H2,1H3/t26-,34?;/m0./s1. The van der Waals surface area contributed by atoms with Crippen LogP contribution in [0.1, 0.15) is 63.8 Å². The van der Waals surface area contributed by atoms with Crippen LogP contribution in [0.4, 0.5) is 19.3 Å². The molecular formula is C42H47F2N7O10S. The number of fused-ring (bicyclic) bond motifs is 1. The molecule has 2 unspecified atom stereocenters. The summed E-state index contributed by atoms with van der Waals surface area (Å²) >= 11 is 0. The number of rotatable bonds is 9. The molecule has 3 aliphatic rings. The molecule has 17 nitrogen and oxygen atoms in total. The second-order valence-corrected chi connectivity index (χ2v) is 18.3. The number of benzene rings is 3. The van der Waals surface area contributed by atoms with Gasteiger partial charge >= 0.3 is 6.09 Å². The molecule has 3 aliphatic heterocycles. The number of alkyl halides is 1. The van der Waals surface area contributed by atoms with Gasteiger partial charge in [-0.3, -0.25) is 4.79 Å². The van der Waals surface area contributed by atoms with Crippen molar-refractivity contribution >= 4 is 27.5 Å². The summed E-state index contributed by atoms with van der Waals surface area (Å²) in [4.78, 5) is 37.6. The van der Waals surface area contributed by atoms with Crippen molar-refractivity contribution in [2.75, 3.05) is 44.0 Å². The third-order valence-electron chi connectivity index (χ3n) is 10.4. The van der Waals surface area contributed by atoms with Crippen LogP contribution in [-0.2, 0) is 41.9 Å². The molecule has 2 saturated heterocycles. The lowest BCUT2D eigenvalue weighted by Gasteiger charge is -2.32. The lowest BCUT2D eigenvalue weighted by Crippen LogP contribution is -2.51. The lowest BCUT2D eigenvalue weighted by atomic mass is 9.95. The van der Waals surface area contributed by atoms with Crippen molar-refractivity contribution in [1.82, 2.24) is 30.5 Å². The smallest absolute Gasteiger partial charge is 0.408 e. The highest BCUT2D eigenvalue weighted by atomic mass is 32.2. The number of halogens is 2. The summed E-state index contributed by atoms with van der Waals surface area (Å²) in [6.45, 7) is 5.90. The maximum Gasteiger partial charge on any atom is 0.408 e. The van der Waals surface area contributed by atoms with Crippen LogP contribution in [0.25, 0.3) is 11.4 Å². The second kappa shape index (κ2) is 17.9. The Morgan fingerprint density at radius 2 is 1.77 bits per heavy atom. The van der Waals surface area contributed by atoms with Gasteiger partial charge in [-0.1, -0.05) is 40.6 Å². The van der Waals surface area contributed by atoms with Crippen LogP contribution in [0.3, 0.4) is 0 Å². The predicted molar refractivity (Wildman–Crippen MR) is 217 cm³/mol. The van der Waals surface area contributed by atoms with Crippen molar-refractivity contribution in [2.24, 2.45) is 0 Å². The van der Waals surface area contributed by atoms with Gasteiger partial charge in [-0.05, 0) is 102 Å². The Balaban J connectivity index is 0.000000377. The molecule has 62 heavy (non-hydrogen) atoms. The minimum absolute atomic E-state index is 0.0585. The molecule has 330 valence electrons. The van der Waals surface area contributed by atoms with E-state index in [2.05, 4.69) is 25.6 Å². The van der Waals surface area contributed by atoms with Gasteiger partial charge < -0.3 is 43.5 Å². The molecule has 2 amide bonds. The van der Waals surface area contributed by atoms with E-state index < -0.39 is 67.8 Å². The number of likely N-dealkylation sites (N-methyl/N-ethyl adjacent to an activating group) is 1. The third-order valence-corrected chi connectivity index (χ3v) is 12.1. The number of nitrogens with one attached hydrogen (secondary N) is 1. The highest BCUT2D eigenvalue weighted by molar-refractivity contribution is 7.91. The van der Waals surface area contributed by atoms with Crippen LogP contribution in [0.2, 0.25) is 0 Å². The van der Waals surface area contributed by atoms with E-state index >= 15 is 4.39 Å². The van der Waals surface area contributed by atoms with Crippen molar-refractivity contribution in [1.29, 1.82) is 0 Å². The first-order chi connectivity index (χ1) is 29.5. The fraction of sp³-hybridized carbons (Fsp3) is 0.429. The maximum absolute atomic E-state index is 15.8. The number of sulfone groups is 1. The molecular weight excluding hydrogens is 833 g/mol. The fourth-order valence-corrected chi connectivity index (χ4v) is 9.00. The zero-order valence-corrected chi connectivity index (χ0v) is 35.4. The molecule has 20 heteroatoms. The molecule has 0 saturated carbocycles. The van der Waals surface area contributed by atoms with E-state index in [4.69, 9.17) is 23.3 Å². The van der Waals surface area contributed by atoms with Crippen molar-refractivity contribution in [2.45, 2.75) is 80.8 Å². The van der Waals surface area contributed by atoms with E-state index in [0.29, 0.717) is 49.5 Å². The minimum Gasteiger partial charge on any atom is -0.457 e. The number of hydrogen-bond acceptors (Lipinski definition) is 15. The fourth-order valence-electron chi connectivity index (χ4n) is 7.39. The molecule has 2 N–H and O–H groups in total. The SMILES string of the molecule is CC(C)(C)OC(=O)N[C@H]1CS(=O)(=O)c2cc(F)c(-c3noc(C4(CO)CCCO4)n3)cc2N(Cc2ccc(Oc3ccccc3)cc2)C1=O.CN1CCCC(F)(c2ncno2)C1. The second-order valence-electron chi connectivity index (χ2n) is 16.3. The van der Waals surface area contributed by atoms with Crippen molar-refractivity contribution < 1.29 is 55.2 Å². The average Bonchev–Trinajstić information content (AvgIpc) is 4.03. The van der Waals surface area contributed by atoms with Crippen LogP contribution < -0.4 is 15.0 Å². The Morgan fingerprint density at radius 1 is 1.03 bits per heavy atom. The largest absolute Gasteiger partial charge is 0.457 e. The number of hydrogen-bond donors (Lipinski definition) is 2. The quantitative estimate of drug-likeness (QED) is 0.178. The first kappa shape index (κ1) is 44.2. The number of nitrogens with zero attached hydrogens (tertiary/aromatic N) is 6. The van der Waals surface area contributed by atoms with E-state index in [1.807, 2.05) is 30.1 Å². The number of anilines is 1. The van der Waals surface area contributed by atoms with E-state index in [1.54, 1.807) is 57.2 Å². The molecule has 3 atom stereocenters. The molecule has 0 aliphatic carbocycles. The minimum atomic E-state index is -4.37. The van der Waals surface area contributed by atoms with Crippen LogP contribution in [0, 0.1) is 5.82 Å². The highest BCUT2D eigenvalue weighted by Crippen LogP contribution is 2.40. The molecule has 0 radical (unpaired) electrons. The number of aromatic nitrogens is 4. The number of piperidine rings is 1. The Hall–Kier alpha value is -5.83. The van der Waals surface area contributed by atoms with Crippen molar-refractivity contribution in [3.63, 3.8) is 0 Å². The summed E-state index contributed by atoms with van der Waals surface area (Å²) in [5, 5.41) is 19.7. The van der Waals surface area contributed by atoms with Crippen LogP contribution >= 0.6 is 0 Å². The van der Waals surface area contributed by atoms with Gasteiger partial charge in [-0.25, -0.2) is 22.0 Å². The monoisotopic (exact) mass is 879 g/mol.